The lowest BCUT2D eigenvalue weighted by Gasteiger charge is -2.38. The van der Waals surface area contributed by atoms with Crippen molar-refractivity contribution >= 4 is 5.96 Å². The Labute approximate surface area is 140 Å². The Hall–Kier alpha value is -1.55. The van der Waals surface area contributed by atoms with Crippen LogP contribution in [0.1, 0.15) is 50.7 Å². The number of benzene rings is 1. The van der Waals surface area contributed by atoms with Gasteiger partial charge in [0.1, 0.15) is 0 Å². The molecule has 0 heterocycles. The van der Waals surface area contributed by atoms with Crippen LogP contribution < -0.4 is 10.6 Å². The molecule has 0 amide bonds. The summed E-state index contributed by atoms with van der Waals surface area (Å²) in [6.45, 7) is 8.62. The first-order valence-corrected chi connectivity index (χ1v) is 8.80. The maximum absolute atomic E-state index is 10.3. The molecule has 0 aliphatic heterocycles. The second-order valence-electron chi connectivity index (χ2n) is 6.89. The minimum absolute atomic E-state index is 0.0584. The predicted molar refractivity (Wildman–Crippen MR) is 96.6 cm³/mol. The van der Waals surface area contributed by atoms with Gasteiger partial charge in [-0.25, -0.2) is 4.99 Å². The fourth-order valence-corrected chi connectivity index (χ4v) is 3.17. The molecule has 0 bridgehead atoms. The molecule has 1 fully saturated rings. The molecule has 4 nitrogen and oxygen atoms in total. The predicted octanol–water partition coefficient (Wildman–Crippen LogP) is 2.99. The van der Waals surface area contributed by atoms with E-state index < -0.39 is 0 Å². The molecular weight excluding hydrogens is 286 g/mol. The molecule has 2 unspecified atom stereocenters. The normalized spacial score (nSPS) is 25.2. The first-order valence-electron chi connectivity index (χ1n) is 8.80. The number of guanidine groups is 1. The Morgan fingerprint density at radius 3 is 2.78 bits per heavy atom. The van der Waals surface area contributed by atoms with Gasteiger partial charge in [0.05, 0.1) is 12.6 Å². The molecule has 0 aromatic heterocycles. The van der Waals surface area contributed by atoms with Crippen LogP contribution in [0.15, 0.2) is 29.3 Å². The Morgan fingerprint density at radius 2 is 2.09 bits per heavy atom. The quantitative estimate of drug-likeness (QED) is 0.578. The van der Waals surface area contributed by atoms with E-state index in [4.69, 9.17) is 4.99 Å². The van der Waals surface area contributed by atoms with Gasteiger partial charge in [0, 0.05) is 18.5 Å². The maximum Gasteiger partial charge on any atom is 0.191 e. The highest BCUT2D eigenvalue weighted by Gasteiger charge is 2.35. The summed E-state index contributed by atoms with van der Waals surface area (Å²) in [6.07, 6.45) is 4.10. The van der Waals surface area contributed by atoms with Crippen LogP contribution in [0.25, 0.3) is 0 Å². The van der Waals surface area contributed by atoms with Crippen molar-refractivity contribution in [2.75, 3.05) is 13.1 Å². The molecule has 0 spiro atoms. The molecule has 4 heteroatoms. The molecule has 1 aliphatic rings. The minimum Gasteiger partial charge on any atom is -0.392 e. The number of aliphatic hydroxyl groups is 1. The molecule has 2 atom stereocenters. The van der Waals surface area contributed by atoms with Gasteiger partial charge in [-0.05, 0) is 37.8 Å². The van der Waals surface area contributed by atoms with Gasteiger partial charge in [-0.15, -0.1) is 0 Å². The van der Waals surface area contributed by atoms with E-state index in [2.05, 4.69) is 55.7 Å². The second kappa shape index (κ2) is 8.34. The zero-order valence-electron chi connectivity index (χ0n) is 14.7. The van der Waals surface area contributed by atoms with Crippen molar-refractivity contribution in [3.63, 3.8) is 0 Å². The molecule has 1 aromatic rings. The highest BCUT2D eigenvalue weighted by atomic mass is 16.3. The Balaban J connectivity index is 1.98. The summed E-state index contributed by atoms with van der Waals surface area (Å²) in [5, 5.41) is 17.0. The first kappa shape index (κ1) is 17.8. The molecule has 1 aromatic carbocycles. The van der Waals surface area contributed by atoms with Gasteiger partial charge in [-0.2, -0.15) is 0 Å². The van der Waals surface area contributed by atoms with Crippen LogP contribution in [-0.2, 0) is 6.54 Å². The van der Waals surface area contributed by atoms with Gasteiger partial charge >= 0.3 is 0 Å². The average Bonchev–Trinajstić information content (AvgIpc) is 2.54. The number of nitrogens with one attached hydrogen (secondary N) is 2. The Kier molecular flexibility index (Phi) is 6.46. The van der Waals surface area contributed by atoms with Gasteiger partial charge in [-0.3, -0.25) is 0 Å². The molecular formula is C19H31N3O. The molecule has 128 valence electrons. The molecule has 0 saturated heterocycles. The number of aryl methyl sites for hydroxylation is 1. The standard InChI is InChI=1S/C19H31N3O/c1-4-20-18(21-13-16-10-6-5-9-15(16)2)22-14-19(3)12-8-7-11-17(19)23/h5-6,9-10,17,23H,4,7-8,11-14H2,1-3H3,(H2,20,21,22). The molecule has 3 N–H and O–H groups in total. The van der Waals surface area contributed by atoms with E-state index in [9.17, 15) is 5.11 Å². The van der Waals surface area contributed by atoms with Gasteiger partial charge in [0.25, 0.3) is 0 Å². The van der Waals surface area contributed by atoms with Crippen molar-refractivity contribution in [3.8, 4) is 0 Å². The minimum atomic E-state index is -0.219. The summed E-state index contributed by atoms with van der Waals surface area (Å²) < 4.78 is 0. The number of hydrogen-bond donors (Lipinski definition) is 3. The third-order valence-corrected chi connectivity index (χ3v) is 4.95. The number of aliphatic hydroxyl groups excluding tert-OH is 1. The van der Waals surface area contributed by atoms with E-state index in [1.165, 1.54) is 17.5 Å². The SMILES string of the molecule is CCNC(=NCc1ccccc1C)NCC1(C)CCCCC1O. The maximum atomic E-state index is 10.3. The fourth-order valence-electron chi connectivity index (χ4n) is 3.17. The van der Waals surface area contributed by atoms with Crippen molar-refractivity contribution in [1.29, 1.82) is 0 Å². The van der Waals surface area contributed by atoms with Crippen LogP contribution in [-0.4, -0.2) is 30.3 Å². The van der Waals surface area contributed by atoms with Crippen LogP contribution in [0.2, 0.25) is 0 Å². The largest absolute Gasteiger partial charge is 0.392 e. The van der Waals surface area contributed by atoms with Gasteiger partial charge in [-0.1, -0.05) is 44.0 Å². The van der Waals surface area contributed by atoms with Crippen LogP contribution >= 0.6 is 0 Å². The first-order chi connectivity index (χ1) is 11.0. The van der Waals surface area contributed by atoms with Crippen molar-refractivity contribution in [3.05, 3.63) is 35.4 Å². The summed E-state index contributed by atoms with van der Waals surface area (Å²) >= 11 is 0. The summed E-state index contributed by atoms with van der Waals surface area (Å²) in [5.74, 6) is 0.828. The van der Waals surface area contributed by atoms with Gasteiger partial charge in [0.2, 0.25) is 0 Å². The molecule has 1 saturated carbocycles. The van der Waals surface area contributed by atoms with E-state index in [0.717, 1.165) is 38.3 Å². The number of aliphatic imine (C=N–C) groups is 1. The fraction of sp³-hybridized carbons (Fsp3) is 0.632. The Morgan fingerprint density at radius 1 is 1.30 bits per heavy atom. The zero-order valence-corrected chi connectivity index (χ0v) is 14.7. The van der Waals surface area contributed by atoms with E-state index in [1.54, 1.807) is 0 Å². The summed E-state index contributed by atoms with van der Waals surface area (Å²) in [4.78, 5) is 4.70. The van der Waals surface area contributed by atoms with Crippen LogP contribution in [0.5, 0.6) is 0 Å². The lowest BCUT2D eigenvalue weighted by molar-refractivity contribution is 0.00397. The van der Waals surface area contributed by atoms with Crippen LogP contribution in [0.4, 0.5) is 0 Å². The molecule has 23 heavy (non-hydrogen) atoms. The number of nitrogens with zero attached hydrogens (tertiary/aromatic N) is 1. The van der Waals surface area contributed by atoms with Crippen LogP contribution in [0, 0.1) is 12.3 Å². The highest BCUT2D eigenvalue weighted by Crippen LogP contribution is 2.35. The van der Waals surface area contributed by atoms with E-state index in [1.807, 2.05) is 0 Å². The summed E-state index contributed by atoms with van der Waals surface area (Å²) in [7, 11) is 0. The Bertz CT molecular complexity index is 529. The van der Waals surface area contributed by atoms with Gasteiger partial charge in [0.15, 0.2) is 5.96 Å². The molecule has 0 radical (unpaired) electrons. The lowest BCUT2D eigenvalue weighted by atomic mass is 9.73. The van der Waals surface area contributed by atoms with Crippen molar-refractivity contribution in [1.82, 2.24) is 10.6 Å². The average molecular weight is 317 g/mol. The van der Waals surface area contributed by atoms with Crippen molar-refractivity contribution in [2.45, 2.75) is 59.1 Å². The molecule has 1 aliphatic carbocycles. The van der Waals surface area contributed by atoms with E-state index in [-0.39, 0.29) is 11.5 Å². The highest BCUT2D eigenvalue weighted by molar-refractivity contribution is 5.79. The lowest BCUT2D eigenvalue weighted by Crippen LogP contribution is -2.48. The third kappa shape index (κ3) is 4.96. The van der Waals surface area contributed by atoms with Gasteiger partial charge < -0.3 is 15.7 Å². The van der Waals surface area contributed by atoms with Crippen molar-refractivity contribution < 1.29 is 5.11 Å². The summed E-state index contributed by atoms with van der Waals surface area (Å²) in [6, 6.07) is 8.34. The zero-order chi connectivity index (χ0) is 16.7. The van der Waals surface area contributed by atoms with E-state index in [0.29, 0.717) is 6.54 Å². The monoisotopic (exact) mass is 317 g/mol. The number of rotatable bonds is 5. The summed E-state index contributed by atoms with van der Waals surface area (Å²) in [5.41, 5.74) is 2.45. The van der Waals surface area contributed by atoms with Crippen molar-refractivity contribution in [2.24, 2.45) is 10.4 Å². The smallest absolute Gasteiger partial charge is 0.191 e. The second-order valence-corrected chi connectivity index (χ2v) is 6.89. The van der Waals surface area contributed by atoms with Crippen LogP contribution in [0.3, 0.4) is 0 Å². The van der Waals surface area contributed by atoms with E-state index >= 15 is 0 Å². The molecule has 2 rings (SSSR count). The third-order valence-electron chi connectivity index (χ3n) is 4.95. The number of hydrogen-bond acceptors (Lipinski definition) is 2. The topological polar surface area (TPSA) is 56.7 Å².